The van der Waals surface area contributed by atoms with E-state index in [1.807, 2.05) is 0 Å². The summed E-state index contributed by atoms with van der Waals surface area (Å²) in [5.41, 5.74) is -1.46. The van der Waals surface area contributed by atoms with Gasteiger partial charge in [0.15, 0.2) is 5.79 Å². The minimum atomic E-state index is -4.41. The maximum Gasteiger partial charge on any atom is 0.456 e. The lowest BCUT2D eigenvalue weighted by molar-refractivity contribution is -0.383. The lowest BCUT2D eigenvalue weighted by Gasteiger charge is -2.63. The normalized spacial score (nSPS) is 41.5. The Hall–Kier alpha value is -1.07. The average molecular weight is 404 g/mol. The largest absolute Gasteiger partial charge is 0.475 e. The third-order valence-corrected chi connectivity index (χ3v) is 6.36. The molecule has 4 aliphatic carbocycles. The van der Waals surface area contributed by atoms with Gasteiger partial charge in [0.05, 0.1) is 5.60 Å². The van der Waals surface area contributed by atoms with E-state index in [1.165, 1.54) is 0 Å². The minimum absolute atomic E-state index is 0.116. The Morgan fingerprint density at radius 2 is 1.44 bits per heavy atom. The van der Waals surface area contributed by atoms with Crippen LogP contribution >= 0.6 is 0 Å². The molecule has 1 aliphatic heterocycles. The highest BCUT2D eigenvalue weighted by Crippen LogP contribution is 2.64. The second-order valence-electron chi connectivity index (χ2n) is 8.16. The summed E-state index contributed by atoms with van der Waals surface area (Å²) in [5, 5.41) is 8.65. The van der Waals surface area contributed by atoms with Crippen molar-refractivity contribution in [3.8, 4) is 0 Å². The van der Waals surface area contributed by atoms with Crippen LogP contribution in [0.1, 0.15) is 32.1 Å². The lowest BCUT2D eigenvalue weighted by Crippen LogP contribution is -2.67. The number of hydrogen-bond acceptors (Lipinski definition) is 4. The van der Waals surface area contributed by atoms with Crippen LogP contribution in [-0.4, -0.2) is 53.6 Å². The quantitative estimate of drug-likeness (QED) is 0.732. The zero-order chi connectivity index (χ0) is 19.9. The average Bonchev–Trinajstić information content (AvgIpc) is 2.60. The standard InChI is InChI=1S/C16H18F6O5/c17-13(18)6-25-15(26-7-14(13,19)20)9-1-8-2-10(15)5-12(3-8,4-9)27-16(21,22)11(23)24/h8-10H,1-7H2,(H,23,24). The molecule has 1 N–H and O–H groups in total. The fourth-order valence-corrected chi connectivity index (χ4v) is 5.43. The van der Waals surface area contributed by atoms with Crippen LogP contribution in [0.15, 0.2) is 0 Å². The number of carbonyl (C=O) groups is 1. The Morgan fingerprint density at radius 3 is 1.89 bits per heavy atom. The van der Waals surface area contributed by atoms with E-state index in [0.717, 1.165) is 0 Å². The SMILES string of the molecule is O=C(O)C(F)(F)OC12CC3CC(C1)C1(OCC(F)(F)C(F)(F)CO1)C(C3)C2. The van der Waals surface area contributed by atoms with Gasteiger partial charge in [0.25, 0.3) is 0 Å². The predicted molar refractivity (Wildman–Crippen MR) is 74.5 cm³/mol. The number of alkyl halides is 6. The smallest absolute Gasteiger partial charge is 0.456 e. The van der Waals surface area contributed by atoms with E-state index in [4.69, 9.17) is 19.3 Å². The summed E-state index contributed by atoms with van der Waals surface area (Å²) in [5.74, 6) is -14.5. The minimum Gasteiger partial charge on any atom is -0.475 e. The molecule has 1 spiro atoms. The van der Waals surface area contributed by atoms with Crippen molar-refractivity contribution in [1.29, 1.82) is 0 Å². The first kappa shape index (κ1) is 19.3. The molecule has 5 fully saturated rings. The highest BCUT2D eigenvalue weighted by Gasteiger charge is 2.70. The van der Waals surface area contributed by atoms with Gasteiger partial charge in [-0.15, -0.1) is 0 Å². The molecule has 5 nitrogen and oxygen atoms in total. The fourth-order valence-electron chi connectivity index (χ4n) is 5.43. The number of hydrogen-bond donors (Lipinski definition) is 1. The summed E-state index contributed by atoms with van der Waals surface area (Å²) in [6, 6.07) is 0. The van der Waals surface area contributed by atoms with Gasteiger partial charge in [0, 0.05) is 11.8 Å². The Balaban J connectivity index is 1.61. The summed E-state index contributed by atoms with van der Waals surface area (Å²) >= 11 is 0. The molecule has 11 heteroatoms. The van der Waals surface area contributed by atoms with Gasteiger partial charge < -0.3 is 19.3 Å². The molecular weight excluding hydrogens is 386 g/mol. The first-order valence-corrected chi connectivity index (χ1v) is 8.66. The van der Waals surface area contributed by atoms with E-state index in [1.54, 1.807) is 0 Å². The van der Waals surface area contributed by atoms with E-state index in [-0.39, 0.29) is 25.2 Å². The van der Waals surface area contributed by atoms with Crippen molar-refractivity contribution in [1.82, 2.24) is 0 Å². The van der Waals surface area contributed by atoms with Gasteiger partial charge in [-0.2, -0.15) is 26.3 Å². The highest BCUT2D eigenvalue weighted by molar-refractivity contribution is 5.73. The molecule has 2 atom stereocenters. The Morgan fingerprint density at radius 1 is 0.963 bits per heavy atom. The molecular formula is C16H18F6O5. The maximum atomic E-state index is 13.7. The Bertz CT molecular complexity index is 617. The van der Waals surface area contributed by atoms with E-state index < -0.39 is 60.4 Å². The first-order valence-electron chi connectivity index (χ1n) is 8.66. The van der Waals surface area contributed by atoms with Gasteiger partial charge in [-0.1, -0.05) is 0 Å². The highest BCUT2D eigenvalue weighted by atomic mass is 19.3. The Kier molecular flexibility index (Phi) is 3.93. The summed E-state index contributed by atoms with van der Waals surface area (Å²) in [6.45, 7) is -3.06. The summed E-state index contributed by atoms with van der Waals surface area (Å²) < 4.78 is 97.3. The van der Waals surface area contributed by atoms with Gasteiger partial charge >= 0.3 is 23.9 Å². The summed E-state index contributed by atoms with van der Waals surface area (Å²) in [4.78, 5) is 10.7. The molecule has 4 saturated carbocycles. The third-order valence-electron chi connectivity index (χ3n) is 6.36. The van der Waals surface area contributed by atoms with Crippen molar-refractivity contribution in [3.63, 3.8) is 0 Å². The molecule has 5 aliphatic rings. The Labute approximate surface area is 149 Å². The van der Waals surface area contributed by atoms with Crippen molar-refractivity contribution < 1.29 is 50.5 Å². The van der Waals surface area contributed by atoms with Gasteiger partial charge in [-0.25, -0.2) is 4.79 Å². The van der Waals surface area contributed by atoms with Crippen molar-refractivity contribution in [2.45, 2.75) is 61.4 Å². The fraction of sp³-hybridized carbons (Fsp3) is 0.938. The maximum absolute atomic E-state index is 13.7. The second kappa shape index (κ2) is 5.50. The molecule has 0 aromatic rings. The van der Waals surface area contributed by atoms with Crippen LogP contribution in [0.25, 0.3) is 0 Å². The van der Waals surface area contributed by atoms with Crippen molar-refractivity contribution in [2.24, 2.45) is 17.8 Å². The van der Waals surface area contributed by atoms with Gasteiger partial charge in [0.2, 0.25) is 0 Å². The van der Waals surface area contributed by atoms with E-state index in [2.05, 4.69) is 0 Å². The molecule has 0 radical (unpaired) electrons. The molecule has 154 valence electrons. The van der Waals surface area contributed by atoms with Crippen LogP contribution in [0, 0.1) is 17.8 Å². The number of carboxylic acid groups (broad SMARTS) is 1. The van der Waals surface area contributed by atoms with Crippen LogP contribution < -0.4 is 0 Å². The number of ether oxygens (including phenoxy) is 3. The molecule has 0 aromatic heterocycles. The summed E-state index contributed by atoms with van der Waals surface area (Å²) in [7, 11) is 0. The van der Waals surface area contributed by atoms with Crippen LogP contribution in [0.3, 0.4) is 0 Å². The zero-order valence-electron chi connectivity index (χ0n) is 14.0. The zero-order valence-corrected chi connectivity index (χ0v) is 14.0. The molecule has 27 heavy (non-hydrogen) atoms. The van der Waals surface area contributed by atoms with Gasteiger partial charge in [-0.05, 0) is 38.0 Å². The monoisotopic (exact) mass is 404 g/mol. The van der Waals surface area contributed by atoms with Crippen LogP contribution in [0.2, 0.25) is 0 Å². The molecule has 0 aromatic carbocycles. The molecule has 2 unspecified atom stereocenters. The molecule has 5 rings (SSSR count). The van der Waals surface area contributed by atoms with Gasteiger partial charge in [-0.3, -0.25) is 0 Å². The lowest BCUT2D eigenvalue weighted by atomic mass is 9.51. The van der Waals surface area contributed by atoms with Gasteiger partial charge in [0.1, 0.15) is 13.2 Å². The second-order valence-corrected chi connectivity index (χ2v) is 8.16. The van der Waals surface area contributed by atoms with E-state index >= 15 is 0 Å². The first-order chi connectivity index (χ1) is 12.3. The van der Waals surface area contributed by atoms with E-state index in [0.29, 0.717) is 12.8 Å². The number of rotatable bonds is 3. The molecule has 0 amide bonds. The topological polar surface area (TPSA) is 65.0 Å². The van der Waals surface area contributed by atoms with Crippen molar-refractivity contribution in [2.75, 3.05) is 13.2 Å². The number of halogens is 6. The molecule has 1 heterocycles. The van der Waals surface area contributed by atoms with Crippen LogP contribution in [-0.2, 0) is 19.0 Å². The van der Waals surface area contributed by atoms with Crippen molar-refractivity contribution >= 4 is 5.97 Å². The molecule has 4 bridgehead atoms. The van der Waals surface area contributed by atoms with Crippen molar-refractivity contribution in [3.05, 3.63) is 0 Å². The van der Waals surface area contributed by atoms with Crippen LogP contribution in [0.5, 0.6) is 0 Å². The summed E-state index contributed by atoms with van der Waals surface area (Å²) in [6.07, 6.45) is -3.70. The molecule has 1 saturated heterocycles. The predicted octanol–water partition coefficient (Wildman–Crippen LogP) is 3.27. The van der Waals surface area contributed by atoms with Crippen LogP contribution in [0.4, 0.5) is 26.3 Å². The number of aliphatic carboxylic acids is 1. The van der Waals surface area contributed by atoms with E-state index in [9.17, 15) is 31.1 Å². The number of carboxylic acids is 1. The third kappa shape index (κ3) is 2.76.